The van der Waals surface area contributed by atoms with E-state index in [-0.39, 0.29) is 17.5 Å². The molecule has 0 fully saturated rings. The number of nitrogens with one attached hydrogen (secondary N) is 1. The van der Waals surface area contributed by atoms with Crippen molar-refractivity contribution in [1.82, 2.24) is 5.32 Å². The number of alkyl halides is 2. The van der Waals surface area contributed by atoms with E-state index in [2.05, 4.69) is 10.1 Å². The van der Waals surface area contributed by atoms with Crippen molar-refractivity contribution < 1.29 is 18.4 Å². The number of benzene rings is 2. The molecular formula is C16H15ClF2N2O3. The van der Waals surface area contributed by atoms with Crippen LogP contribution in [-0.2, 0) is 6.54 Å². The van der Waals surface area contributed by atoms with Gasteiger partial charge in [-0.15, -0.1) is 0 Å². The van der Waals surface area contributed by atoms with E-state index in [1.165, 1.54) is 30.3 Å². The van der Waals surface area contributed by atoms with Crippen LogP contribution in [0.15, 0.2) is 42.5 Å². The molecule has 0 amide bonds. The lowest BCUT2D eigenvalue weighted by Crippen LogP contribution is -2.18. The summed E-state index contributed by atoms with van der Waals surface area (Å²) >= 11 is 6.05. The quantitative estimate of drug-likeness (QED) is 0.577. The van der Waals surface area contributed by atoms with Crippen molar-refractivity contribution in [3.05, 3.63) is 68.7 Å². The Morgan fingerprint density at radius 3 is 2.71 bits per heavy atom. The predicted octanol–water partition coefficient (Wildman–Crippen LogP) is 4.70. The lowest BCUT2D eigenvalue weighted by atomic mass is 10.1. The molecule has 2 aromatic rings. The van der Waals surface area contributed by atoms with Crippen LogP contribution in [-0.4, -0.2) is 11.5 Å². The second kappa shape index (κ2) is 8.03. The number of non-ortho nitro benzene ring substituents is 1. The highest BCUT2D eigenvalue weighted by Crippen LogP contribution is 2.24. The Hall–Kier alpha value is -2.25. The summed E-state index contributed by atoms with van der Waals surface area (Å²) in [6.07, 6.45) is 0. The maximum Gasteiger partial charge on any atom is 0.387 e. The number of hydrogen-bond donors (Lipinski definition) is 1. The Labute approximate surface area is 142 Å². The molecule has 2 rings (SSSR count). The van der Waals surface area contributed by atoms with Crippen LogP contribution < -0.4 is 10.1 Å². The van der Waals surface area contributed by atoms with Gasteiger partial charge in [-0.3, -0.25) is 10.1 Å². The van der Waals surface area contributed by atoms with Crippen LogP contribution in [0.1, 0.15) is 24.1 Å². The fourth-order valence-corrected chi connectivity index (χ4v) is 2.34. The minimum Gasteiger partial charge on any atom is -0.435 e. The van der Waals surface area contributed by atoms with Gasteiger partial charge in [-0.05, 0) is 36.2 Å². The minimum absolute atomic E-state index is 0.0452. The van der Waals surface area contributed by atoms with Crippen LogP contribution in [0.5, 0.6) is 5.75 Å². The fourth-order valence-electron chi connectivity index (χ4n) is 2.15. The highest BCUT2D eigenvalue weighted by atomic mass is 35.5. The Bertz CT molecular complexity index is 728. The summed E-state index contributed by atoms with van der Waals surface area (Å²) in [5.41, 5.74) is 1.28. The van der Waals surface area contributed by atoms with Crippen molar-refractivity contribution in [2.24, 2.45) is 0 Å². The van der Waals surface area contributed by atoms with E-state index < -0.39 is 11.5 Å². The molecule has 0 aromatic heterocycles. The highest BCUT2D eigenvalue weighted by molar-refractivity contribution is 6.31. The third kappa shape index (κ3) is 4.87. The molecule has 0 spiro atoms. The van der Waals surface area contributed by atoms with Gasteiger partial charge in [0, 0.05) is 29.7 Å². The number of hydrogen-bond acceptors (Lipinski definition) is 4. The number of ether oxygens (including phenoxy) is 1. The average Bonchev–Trinajstić information content (AvgIpc) is 2.53. The van der Waals surface area contributed by atoms with E-state index in [1.807, 2.05) is 6.92 Å². The number of nitrogens with zero attached hydrogens (tertiary/aromatic N) is 1. The Balaban J connectivity index is 2.07. The maximum atomic E-state index is 12.3. The van der Waals surface area contributed by atoms with E-state index in [1.54, 1.807) is 12.1 Å². The van der Waals surface area contributed by atoms with Gasteiger partial charge in [0.2, 0.25) is 0 Å². The summed E-state index contributed by atoms with van der Waals surface area (Å²) in [6, 6.07) is 10.4. The van der Waals surface area contributed by atoms with Crippen molar-refractivity contribution in [2.45, 2.75) is 26.1 Å². The Morgan fingerprint density at radius 2 is 2.04 bits per heavy atom. The monoisotopic (exact) mass is 356 g/mol. The van der Waals surface area contributed by atoms with Crippen LogP contribution in [0.25, 0.3) is 0 Å². The van der Waals surface area contributed by atoms with E-state index >= 15 is 0 Å². The van der Waals surface area contributed by atoms with Gasteiger partial charge in [-0.2, -0.15) is 8.78 Å². The molecule has 8 heteroatoms. The van der Waals surface area contributed by atoms with Crippen molar-refractivity contribution in [3.63, 3.8) is 0 Å². The largest absolute Gasteiger partial charge is 0.435 e. The van der Waals surface area contributed by atoms with E-state index in [9.17, 15) is 18.9 Å². The average molecular weight is 357 g/mol. The molecule has 0 aliphatic heterocycles. The van der Waals surface area contributed by atoms with Crippen molar-refractivity contribution in [2.75, 3.05) is 0 Å². The SMILES string of the molecule is CC(NCc1cc([N+](=O)[O-])ccc1Cl)c1cccc(OC(F)F)c1. The number of nitro groups is 1. The van der Waals surface area contributed by atoms with Gasteiger partial charge >= 0.3 is 6.61 Å². The molecule has 1 atom stereocenters. The van der Waals surface area contributed by atoms with Crippen molar-refractivity contribution >= 4 is 17.3 Å². The molecule has 0 saturated carbocycles. The zero-order chi connectivity index (χ0) is 17.7. The van der Waals surface area contributed by atoms with E-state index in [4.69, 9.17) is 11.6 Å². The first-order valence-electron chi connectivity index (χ1n) is 7.08. The number of nitro benzene ring substituents is 1. The molecule has 0 bridgehead atoms. The summed E-state index contributed by atoms with van der Waals surface area (Å²) in [7, 11) is 0. The van der Waals surface area contributed by atoms with Crippen molar-refractivity contribution in [3.8, 4) is 5.75 Å². The van der Waals surface area contributed by atoms with Gasteiger partial charge in [-0.1, -0.05) is 23.7 Å². The molecule has 0 aliphatic rings. The molecule has 2 aromatic carbocycles. The molecule has 0 saturated heterocycles. The van der Waals surface area contributed by atoms with Crippen LogP contribution in [0.4, 0.5) is 14.5 Å². The number of halogens is 3. The molecule has 0 radical (unpaired) electrons. The van der Waals surface area contributed by atoms with Gasteiger partial charge in [-0.25, -0.2) is 0 Å². The molecule has 1 unspecified atom stereocenters. The van der Waals surface area contributed by atoms with E-state index in [0.717, 1.165) is 5.56 Å². The molecule has 0 heterocycles. The summed E-state index contributed by atoms with van der Waals surface area (Å²) in [5, 5.41) is 14.4. The van der Waals surface area contributed by atoms with Gasteiger partial charge in [0.15, 0.2) is 0 Å². The Morgan fingerprint density at radius 1 is 1.29 bits per heavy atom. The van der Waals surface area contributed by atoms with Crippen LogP contribution >= 0.6 is 11.6 Å². The van der Waals surface area contributed by atoms with Crippen LogP contribution in [0.3, 0.4) is 0 Å². The molecule has 0 aliphatic carbocycles. The molecule has 1 N–H and O–H groups in total. The third-order valence-electron chi connectivity index (χ3n) is 3.42. The standard InChI is InChI=1S/C16H15ClF2N2O3/c1-10(11-3-2-4-14(8-11)24-16(18)19)20-9-12-7-13(21(22)23)5-6-15(12)17/h2-8,10,16,20H,9H2,1H3. The topological polar surface area (TPSA) is 64.4 Å². The number of rotatable bonds is 7. The Kier molecular flexibility index (Phi) is 6.05. The first kappa shape index (κ1) is 18.1. The van der Waals surface area contributed by atoms with Gasteiger partial charge in [0.05, 0.1) is 4.92 Å². The van der Waals surface area contributed by atoms with Gasteiger partial charge in [0.1, 0.15) is 5.75 Å². The highest BCUT2D eigenvalue weighted by Gasteiger charge is 2.12. The summed E-state index contributed by atoms with van der Waals surface area (Å²) in [6.45, 7) is -0.749. The van der Waals surface area contributed by atoms with Crippen LogP contribution in [0, 0.1) is 10.1 Å². The second-order valence-corrected chi connectivity index (χ2v) is 5.49. The molecule has 24 heavy (non-hydrogen) atoms. The van der Waals surface area contributed by atoms with Gasteiger partial charge in [0.25, 0.3) is 5.69 Å². The van der Waals surface area contributed by atoms with Gasteiger partial charge < -0.3 is 10.1 Å². The molecular weight excluding hydrogens is 342 g/mol. The molecule has 128 valence electrons. The summed E-state index contributed by atoms with van der Waals surface area (Å²) in [5.74, 6) is 0.0736. The maximum absolute atomic E-state index is 12.3. The minimum atomic E-state index is -2.88. The third-order valence-corrected chi connectivity index (χ3v) is 3.79. The predicted molar refractivity (Wildman–Crippen MR) is 86.4 cm³/mol. The zero-order valence-corrected chi connectivity index (χ0v) is 13.5. The smallest absolute Gasteiger partial charge is 0.387 e. The second-order valence-electron chi connectivity index (χ2n) is 5.09. The summed E-state index contributed by atoms with van der Waals surface area (Å²) in [4.78, 5) is 10.3. The first-order chi connectivity index (χ1) is 11.4. The normalized spacial score (nSPS) is 12.2. The fraction of sp³-hybridized carbons (Fsp3) is 0.250. The van der Waals surface area contributed by atoms with Crippen LogP contribution in [0.2, 0.25) is 5.02 Å². The lowest BCUT2D eigenvalue weighted by molar-refractivity contribution is -0.384. The van der Waals surface area contributed by atoms with E-state index in [0.29, 0.717) is 17.1 Å². The lowest BCUT2D eigenvalue weighted by Gasteiger charge is -2.16. The summed E-state index contributed by atoms with van der Waals surface area (Å²) < 4.78 is 28.9. The molecule has 5 nitrogen and oxygen atoms in total. The first-order valence-corrected chi connectivity index (χ1v) is 7.45. The van der Waals surface area contributed by atoms with Crippen molar-refractivity contribution in [1.29, 1.82) is 0 Å². The zero-order valence-electron chi connectivity index (χ0n) is 12.7.